The molecule has 2 aliphatic carbocycles. The van der Waals surface area contributed by atoms with E-state index in [9.17, 15) is 4.79 Å². The van der Waals surface area contributed by atoms with Crippen molar-refractivity contribution in [2.45, 2.75) is 130 Å². The van der Waals surface area contributed by atoms with E-state index >= 15 is 0 Å². The Bertz CT molecular complexity index is 278. The Morgan fingerprint density at radius 1 is 0.889 bits per heavy atom. The van der Waals surface area contributed by atoms with Gasteiger partial charge in [0.05, 0.1) is 0 Å². The van der Waals surface area contributed by atoms with Gasteiger partial charge in [-0.1, -0.05) is 90.4 Å². The van der Waals surface area contributed by atoms with E-state index in [-0.39, 0.29) is 38.3 Å². The summed E-state index contributed by atoms with van der Waals surface area (Å²) in [4.78, 5) is 11.9. The molecule has 0 aliphatic heterocycles. The number of hydrogen-bond donors (Lipinski definition) is 1. The van der Waals surface area contributed by atoms with Crippen LogP contribution in [-0.2, 0) is 26.2 Å². The number of nitrogens with zero attached hydrogens (tertiary/aromatic N) is 1. The summed E-state index contributed by atoms with van der Waals surface area (Å²) in [5.41, 5.74) is 0. The van der Waals surface area contributed by atoms with Gasteiger partial charge in [0, 0.05) is 12.1 Å². The van der Waals surface area contributed by atoms with Crippen molar-refractivity contribution in [2.24, 2.45) is 0 Å². The second-order valence-corrected chi connectivity index (χ2v) is 7.79. The van der Waals surface area contributed by atoms with Gasteiger partial charge in [-0.15, -0.1) is 0 Å². The Labute approximate surface area is 189 Å². The largest absolute Gasteiger partial charge is 3.00 e. The molecular formula is C23H46NO2Zr+2. The molecule has 0 saturated heterocycles. The third-order valence-corrected chi connectivity index (χ3v) is 4.56. The maximum absolute atomic E-state index is 10.5. The molecule has 0 atom stereocenters. The average molecular weight is 460 g/mol. The Balaban J connectivity index is -0.000000293. The van der Waals surface area contributed by atoms with Crippen molar-refractivity contribution in [2.75, 3.05) is 0 Å². The van der Waals surface area contributed by atoms with E-state index in [2.05, 4.69) is 6.92 Å². The average Bonchev–Trinajstić information content (AvgIpc) is 3.30. The zero-order valence-electron chi connectivity index (χ0n) is 18.8. The topological polar surface area (TPSA) is 40.5 Å². The predicted octanol–water partition coefficient (Wildman–Crippen LogP) is 7.85. The Morgan fingerprint density at radius 2 is 1.19 bits per heavy atom. The molecule has 0 spiro atoms. The smallest absolute Gasteiger partial charge is 0.518 e. The standard InChI is InChI=1S/C7H15NO2.C6H11.2C5H10.Zr/c1-5(2)8(6(3)4)7(9)10;1-3-5-6-4-2;2*1-2-4-5-3-1;/h5-6H,1-4H3,(H,9,10);1,3H,4-6H2,2H3;2*1-5H2;/q;-1;;;+3. The van der Waals surface area contributed by atoms with Gasteiger partial charge in [0.15, 0.2) is 0 Å². The molecule has 2 aliphatic rings. The molecule has 2 fully saturated rings. The minimum atomic E-state index is -0.843. The third kappa shape index (κ3) is 23.9. The van der Waals surface area contributed by atoms with E-state index in [1.54, 1.807) is 6.08 Å². The molecule has 3 nitrogen and oxygen atoms in total. The van der Waals surface area contributed by atoms with Crippen molar-refractivity contribution in [1.29, 1.82) is 0 Å². The van der Waals surface area contributed by atoms with Crippen molar-refractivity contribution < 1.29 is 36.1 Å². The number of rotatable bonds is 5. The maximum Gasteiger partial charge on any atom is 3.00 e. The first-order valence-electron chi connectivity index (χ1n) is 10.9. The molecule has 1 amide bonds. The zero-order valence-corrected chi connectivity index (χ0v) is 21.3. The summed E-state index contributed by atoms with van der Waals surface area (Å²) in [7, 11) is 0. The van der Waals surface area contributed by atoms with Gasteiger partial charge >= 0.3 is 32.3 Å². The molecule has 2 rings (SSSR count). The van der Waals surface area contributed by atoms with E-state index in [0.29, 0.717) is 0 Å². The van der Waals surface area contributed by atoms with Crippen molar-refractivity contribution in [3.05, 3.63) is 12.7 Å². The molecular weight excluding hydrogens is 413 g/mol. The van der Waals surface area contributed by atoms with Crippen LogP contribution in [-0.4, -0.2) is 28.2 Å². The molecule has 0 unspecified atom stereocenters. The Hall–Kier alpha value is -0.107. The zero-order chi connectivity index (χ0) is 20.2. The first-order chi connectivity index (χ1) is 12.4. The molecule has 0 bridgehead atoms. The fourth-order valence-electron chi connectivity index (χ4n) is 3.13. The molecule has 157 valence electrons. The van der Waals surface area contributed by atoms with Gasteiger partial charge in [0.2, 0.25) is 0 Å². The van der Waals surface area contributed by atoms with E-state index in [0.717, 1.165) is 6.42 Å². The fourth-order valence-corrected chi connectivity index (χ4v) is 3.13. The number of allylic oxidation sites excluding steroid dienone is 1. The third-order valence-electron chi connectivity index (χ3n) is 4.56. The van der Waals surface area contributed by atoms with Crippen LogP contribution < -0.4 is 0 Å². The van der Waals surface area contributed by atoms with E-state index in [1.807, 2.05) is 27.7 Å². The summed E-state index contributed by atoms with van der Waals surface area (Å²) in [5.74, 6) is 0. The van der Waals surface area contributed by atoms with Gasteiger partial charge in [0.25, 0.3) is 0 Å². The predicted molar refractivity (Wildman–Crippen MR) is 115 cm³/mol. The van der Waals surface area contributed by atoms with Crippen LogP contribution in [0.15, 0.2) is 6.08 Å². The van der Waals surface area contributed by atoms with E-state index < -0.39 is 6.09 Å². The number of hydrogen-bond acceptors (Lipinski definition) is 1. The van der Waals surface area contributed by atoms with Gasteiger partial charge in [-0.25, -0.2) is 4.79 Å². The molecule has 27 heavy (non-hydrogen) atoms. The Kier molecular flexibility index (Phi) is 28.0. The van der Waals surface area contributed by atoms with E-state index in [4.69, 9.17) is 11.7 Å². The molecule has 1 radical (unpaired) electrons. The van der Waals surface area contributed by atoms with Gasteiger partial charge in [-0.2, -0.15) is 0 Å². The summed E-state index contributed by atoms with van der Waals surface area (Å²) in [6, 6.07) is 0.134. The maximum atomic E-state index is 10.5. The molecule has 0 aromatic rings. The summed E-state index contributed by atoms with van der Waals surface area (Å²) < 4.78 is 0. The molecule has 4 heteroatoms. The normalized spacial score (nSPS) is 14.6. The van der Waals surface area contributed by atoms with Crippen LogP contribution in [0.5, 0.6) is 0 Å². The van der Waals surface area contributed by atoms with Crippen molar-refractivity contribution >= 4 is 6.09 Å². The van der Waals surface area contributed by atoms with Gasteiger partial charge in [0.1, 0.15) is 0 Å². The molecule has 0 aromatic heterocycles. The van der Waals surface area contributed by atoms with Crippen molar-refractivity contribution in [1.82, 2.24) is 4.90 Å². The van der Waals surface area contributed by atoms with Gasteiger partial charge in [-0.3, -0.25) is 6.08 Å². The van der Waals surface area contributed by atoms with Gasteiger partial charge in [-0.05, 0) is 27.7 Å². The molecule has 1 N–H and O–H groups in total. The van der Waals surface area contributed by atoms with Crippen LogP contribution in [0.2, 0.25) is 0 Å². The van der Waals surface area contributed by atoms with Gasteiger partial charge < -0.3 is 16.6 Å². The van der Waals surface area contributed by atoms with Crippen molar-refractivity contribution in [3.63, 3.8) is 0 Å². The molecule has 0 heterocycles. The van der Waals surface area contributed by atoms with Crippen LogP contribution in [0.1, 0.15) is 118 Å². The van der Waals surface area contributed by atoms with Crippen LogP contribution in [0, 0.1) is 6.58 Å². The first kappa shape index (κ1) is 31.6. The Morgan fingerprint density at radius 3 is 1.26 bits per heavy atom. The number of unbranched alkanes of at least 4 members (excludes halogenated alkanes) is 2. The van der Waals surface area contributed by atoms with Crippen LogP contribution in [0.4, 0.5) is 4.79 Å². The van der Waals surface area contributed by atoms with Crippen LogP contribution in [0.3, 0.4) is 0 Å². The second kappa shape index (κ2) is 23.9. The van der Waals surface area contributed by atoms with Crippen LogP contribution in [0.25, 0.3) is 0 Å². The minimum Gasteiger partial charge on any atom is -0.518 e. The number of amides is 1. The van der Waals surface area contributed by atoms with Crippen molar-refractivity contribution in [3.8, 4) is 0 Å². The molecule has 2 saturated carbocycles. The summed E-state index contributed by atoms with van der Waals surface area (Å²) in [6.45, 7) is 14.7. The quantitative estimate of drug-likeness (QED) is 0.336. The summed E-state index contributed by atoms with van der Waals surface area (Å²) in [6.07, 6.45) is 19.4. The minimum absolute atomic E-state index is 0. The number of carbonyl (C=O) groups is 1. The molecule has 0 aromatic carbocycles. The number of carboxylic acid groups (broad SMARTS) is 1. The fraction of sp³-hybridized carbons (Fsp3) is 0.870. The summed E-state index contributed by atoms with van der Waals surface area (Å²) in [5, 5.41) is 8.64. The summed E-state index contributed by atoms with van der Waals surface area (Å²) >= 11 is 0. The monoisotopic (exact) mass is 458 g/mol. The first-order valence-corrected chi connectivity index (χ1v) is 10.9. The second-order valence-electron chi connectivity index (χ2n) is 7.79. The SMILES string of the molecule is C1CCCC1.C1CCCC1.CC(C)N(C(=O)O)C(C)C.[CH-]=CCCCC.[Zr+3]. The van der Waals surface area contributed by atoms with E-state index in [1.165, 1.54) is 81.9 Å². The van der Waals surface area contributed by atoms with Crippen LogP contribution >= 0.6 is 0 Å².